The Morgan fingerprint density at radius 3 is 2.68 bits per heavy atom. The average Bonchev–Trinajstić information content (AvgIpc) is 2.48. The highest BCUT2D eigenvalue weighted by molar-refractivity contribution is 7.71. The van der Waals surface area contributed by atoms with E-state index in [4.69, 9.17) is 12.2 Å². The summed E-state index contributed by atoms with van der Waals surface area (Å²) in [5.41, 5.74) is 1.00. The summed E-state index contributed by atoms with van der Waals surface area (Å²) < 4.78 is 13.2. The Balaban J connectivity index is 1.96. The molecule has 2 atom stereocenters. The number of hydrogen-bond acceptors (Lipinski definition) is 3. The summed E-state index contributed by atoms with van der Waals surface area (Å²) in [7, 11) is 0. The molecule has 2 rings (SSSR count). The fourth-order valence-electron chi connectivity index (χ4n) is 2.12. The van der Waals surface area contributed by atoms with Gasteiger partial charge < -0.3 is 15.4 Å². The summed E-state index contributed by atoms with van der Waals surface area (Å²) in [5, 5.41) is 12.9. The van der Waals surface area contributed by atoms with Crippen LogP contribution in [0.1, 0.15) is 35.4 Å². The van der Waals surface area contributed by atoms with Gasteiger partial charge in [0.25, 0.3) is 5.91 Å². The lowest BCUT2D eigenvalue weighted by molar-refractivity contribution is 0.0916. The number of amides is 1. The Kier molecular flexibility index (Phi) is 5.41. The molecular weight excluding hydrogens is 303 g/mol. The van der Waals surface area contributed by atoms with Crippen molar-refractivity contribution in [3.05, 3.63) is 64.2 Å². The highest BCUT2D eigenvalue weighted by atomic mass is 32.1. The van der Waals surface area contributed by atoms with E-state index in [0.717, 1.165) is 0 Å². The minimum Gasteiger partial charge on any atom is -0.388 e. The summed E-state index contributed by atoms with van der Waals surface area (Å²) in [4.78, 5) is 14.9. The second-order valence-electron chi connectivity index (χ2n) is 5.09. The molecule has 1 aromatic carbocycles. The number of nitrogens with one attached hydrogen (secondary N) is 2. The van der Waals surface area contributed by atoms with Gasteiger partial charge in [0.05, 0.1) is 11.7 Å². The Bertz CT molecular complexity index is 700. The van der Waals surface area contributed by atoms with Gasteiger partial charge >= 0.3 is 0 Å². The number of H-pyrrole nitrogens is 1. The molecule has 0 saturated carbocycles. The zero-order valence-electron chi connectivity index (χ0n) is 12.0. The third-order valence-electron chi connectivity index (χ3n) is 3.27. The number of aliphatic hydroxyl groups is 1. The summed E-state index contributed by atoms with van der Waals surface area (Å²) >= 11 is 5.06. The van der Waals surface area contributed by atoms with Crippen molar-refractivity contribution in [1.82, 2.24) is 10.3 Å². The van der Waals surface area contributed by atoms with Crippen LogP contribution in [0.2, 0.25) is 0 Å². The van der Waals surface area contributed by atoms with Crippen molar-refractivity contribution in [2.75, 3.05) is 0 Å². The smallest absolute Gasteiger partial charge is 0.254 e. The van der Waals surface area contributed by atoms with E-state index >= 15 is 0 Å². The van der Waals surface area contributed by atoms with E-state index in [-0.39, 0.29) is 17.8 Å². The first kappa shape index (κ1) is 16.3. The second-order valence-corrected chi connectivity index (χ2v) is 5.50. The number of pyridine rings is 1. The molecule has 0 fully saturated rings. The van der Waals surface area contributed by atoms with Crippen molar-refractivity contribution in [3.8, 4) is 0 Å². The number of aromatic nitrogens is 1. The molecule has 6 heteroatoms. The van der Waals surface area contributed by atoms with Gasteiger partial charge in [-0.15, -0.1) is 0 Å². The number of benzene rings is 1. The van der Waals surface area contributed by atoms with Crippen LogP contribution in [0.4, 0.5) is 4.39 Å². The van der Waals surface area contributed by atoms with Gasteiger partial charge in [0, 0.05) is 12.2 Å². The van der Waals surface area contributed by atoms with Crippen LogP contribution in [0.5, 0.6) is 0 Å². The molecule has 0 spiro atoms. The van der Waals surface area contributed by atoms with Crippen LogP contribution in [0, 0.1) is 10.5 Å². The number of hydrogen-bond donors (Lipinski definition) is 3. The van der Waals surface area contributed by atoms with Crippen LogP contribution in [0.25, 0.3) is 0 Å². The van der Waals surface area contributed by atoms with Gasteiger partial charge in [-0.3, -0.25) is 4.79 Å². The van der Waals surface area contributed by atoms with Crippen molar-refractivity contribution >= 4 is 18.1 Å². The number of aromatic amines is 1. The molecule has 2 unspecified atom stereocenters. The van der Waals surface area contributed by atoms with Crippen LogP contribution < -0.4 is 5.32 Å². The van der Waals surface area contributed by atoms with Crippen molar-refractivity contribution < 1.29 is 14.3 Å². The van der Waals surface area contributed by atoms with Crippen LogP contribution in [0.15, 0.2) is 42.6 Å². The maximum absolute atomic E-state index is 12.9. The van der Waals surface area contributed by atoms with E-state index in [9.17, 15) is 14.3 Å². The number of rotatable bonds is 5. The lowest BCUT2D eigenvalue weighted by Crippen LogP contribution is -2.34. The Hall–Kier alpha value is -2.05. The largest absolute Gasteiger partial charge is 0.388 e. The molecule has 2 aromatic rings. The molecular formula is C16H17FN2O2S. The number of carbonyl (C=O) groups is 1. The standard InChI is InChI=1S/C16H17FN2O2S/c1-10(9-14(20)11-4-6-12(17)7-5-11)19-15(21)13-3-2-8-18-16(13)22/h2-8,10,14,20H,9H2,1H3,(H,18,22)(H,19,21). The Morgan fingerprint density at radius 2 is 2.05 bits per heavy atom. The summed E-state index contributed by atoms with van der Waals surface area (Å²) in [6, 6.07) is 8.72. The molecule has 3 N–H and O–H groups in total. The van der Waals surface area contributed by atoms with E-state index < -0.39 is 6.10 Å². The van der Waals surface area contributed by atoms with Gasteiger partial charge in [0.15, 0.2) is 0 Å². The van der Waals surface area contributed by atoms with Crippen molar-refractivity contribution in [2.45, 2.75) is 25.5 Å². The molecule has 4 nitrogen and oxygen atoms in total. The molecule has 1 amide bonds. The van der Waals surface area contributed by atoms with Gasteiger partial charge in [0.2, 0.25) is 0 Å². The molecule has 0 bridgehead atoms. The van der Waals surface area contributed by atoms with Gasteiger partial charge in [-0.05, 0) is 43.2 Å². The van der Waals surface area contributed by atoms with E-state index in [1.165, 1.54) is 24.3 Å². The summed E-state index contributed by atoms with van der Waals surface area (Å²) in [6.45, 7) is 1.79. The summed E-state index contributed by atoms with van der Waals surface area (Å²) in [5.74, 6) is -0.642. The van der Waals surface area contributed by atoms with Crippen LogP contribution in [0.3, 0.4) is 0 Å². The molecule has 1 aromatic heterocycles. The molecule has 0 saturated heterocycles. The zero-order valence-corrected chi connectivity index (χ0v) is 12.9. The zero-order chi connectivity index (χ0) is 16.1. The second kappa shape index (κ2) is 7.29. The third-order valence-corrected chi connectivity index (χ3v) is 3.61. The SMILES string of the molecule is CC(CC(O)c1ccc(F)cc1)NC(=O)c1ccc[nH]c1=S. The number of carbonyl (C=O) groups excluding carboxylic acids is 1. The van der Waals surface area contributed by atoms with E-state index in [0.29, 0.717) is 22.2 Å². The molecule has 0 aliphatic rings. The van der Waals surface area contributed by atoms with Crippen LogP contribution >= 0.6 is 12.2 Å². The first-order chi connectivity index (χ1) is 10.5. The maximum Gasteiger partial charge on any atom is 0.254 e. The number of halogens is 1. The predicted octanol–water partition coefficient (Wildman–Crippen LogP) is 3.13. The average molecular weight is 320 g/mol. The van der Waals surface area contributed by atoms with Gasteiger partial charge in [0.1, 0.15) is 10.5 Å². The van der Waals surface area contributed by atoms with Crippen LogP contribution in [-0.4, -0.2) is 22.0 Å². The van der Waals surface area contributed by atoms with Crippen molar-refractivity contribution in [2.24, 2.45) is 0 Å². The quantitative estimate of drug-likeness (QED) is 0.742. The van der Waals surface area contributed by atoms with Crippen LogP contribution in [-0.2, 0) is 0 Å². The lowest BCUT2D eigenvalue weighted by Gasteiger charge is -2.18. The Labute approximate surface area is 133 Å². The first-order valence-electron chi connectivity index (χ1n) is 6.89. The Morgan fingerprint density at radius 1 is 1.36 bits per heavy atom. The fourth-order valence-corrected chi connectivity index (χ4v) is 2.35. The van der Waals surface area contributed by atoms with Crippen molar-refractivity contribution in [1.29, 1.82) is 0 Å². The van der Waals surface area contributed by atoms with Crippen molar-refractivity contribution in [3.63, 3.8) is 0 Å². The number of aliphatic hydroxyl groups excluding tert-OH is 1. The monoisotopic (exact) mass is 320 g/mol. The normalized spacial score (nSPS) is 13.4. The van der Waals surface area contributed by atoms with Gasteiger partial charge in [-0.1, -0.05) is 24.4 Å². The minimum absolute atomic E-state index is 0.262. The molecule has 1 heterocycles. The molecule has 22 heavy (non-hydrogen) atoms. The topological polar surface area (TPSA) is 65.1 Å². The molecule has 0 radical (unpaired) electrons. The van der Waals surface area contributed by atoms with E-state index in [2.05, 4.69) is 10.3 Å². The summed E-state index contributed by atoms with van der Waals surface area (Å²) in [6.07, 6.45) is 1.20. The molecule has 0 aliphatic carbocycles. The predicted molar refractivity (Wildman–Crippen MR) is 84.5 cm³/mol. The minimum atomic E-state index is -0.777. The maximum atomic E-state index is 12.9. The molecule has 0 aliphatic heterocycles. The highest BCUT2D eigenvalue weighted by Gasteiger charge is 2.16. The lowest BCUT2D eigenvalue weighted by atomic mass is 10.0. The highest BCUT2D eigenvalue weighted by Crippen LogP contribution is 2.18. The van der Waals surface area contributed by atoms with Gasteiger partial charge in [-0.25, -0.2) is 4.39 Å². The first-order valence-corrected chi connectivity index (χ1v) is 7.30. The van der Waals surface area contributed by atoms with Gasteiger partial charge in [-0.2, -0.15) is 0 Å². The third kappa shape index (κ3) is 4.22. The fraction of sp³-hybridized carbons (Fsp3) is 0.250. The van der Waals surface area contributed by atoms with E-state index in [1.807, 2.05) is 0 Å². The molecule has 116 valence electrons. The van der Waals surface area contributed by atoms with E-state index in [1.54, 1.807) is 25.3 Å².